The Hall–Kier alpha value is -2.14. The van der Waals surface area contributed by atoms with Crippen LogP contribution in [-0.4, -0.2) is 26.6 Å². The zero-order valence-electron chi connectivity index (χ0n) is 13.4. The second-order valence-corrected chi connectivity index (χ2v) is 7.75. The highest BCUT2D eigenvalue weighted by Crippen LogP contribution is 2.11. The van der Waals surface area contributed by atoms with E-state index in [2.05, 4.69) is 5.32 Å². The monoisotopic (exact) mass is 331 g/mol. The Morgan fingerprint density at radius 1 is 0.913 bits per heavy atom. The summed E-state index contributed by atoms with van der Waals surface area (Å²) in [5.74, 6) is -0.275. The lowest BCUT2D eigenvalue weighted by Gasteiger charge is -2.07. The standard InChI is InChI=1S/C18H21NO3S/c1-14-3-7-16(8-4-14)13-18(20)19-11-12-23(21,22)17-9-5-15(2)6-10-17/h3-10H,11-13H2,1-2H3,(H,19,20). The highest BCUT2D eigenvalue weighted by molar-refractivity contribution is 7.91. The minimum absolute atomic E-state index is 0.101. The molecule has 0 bridgehead atoms. The van der Waals surface area contributed by atoms with Crippen molar-refractivity contribution in [2.24, 2.45) is 0 Å². The van der Waals surface area contributed by atoms with Gasteiger partial charge in [0, 0.05) is 6.54 Å². The van der Waals surface area contributed by atoms with Gasteiger partial charge in [-0.3, -0.25) is 4.79 Å². The molecule has 122 valence electrons. The Morgan fingerprint density at radius 2 is 1.43 bits per heavy atom. The number of nitrogens with one attached hydrogen (secondary N) is 1. The lowest BCUT2D eigenvalue weighted by Crippen LogP contribution is -2.30. The van der Waals surface area contributed by atoms with Crippen LogP contribution in [-0.2, 0) is 21.1 Å². The Kier molecular flexibility index (Phi) is 5.55. The Bertz CT molecular complexity index is 763. The maximum atomic E-state index is 12.2. The third-order valence-electron chi connectivity index (χ3n) is 3.56. The molecule has 4 nitrogen and oxygen atoms in total. The minimum atomic E-state index is -3.37. The molecular weight excluding hydrogens is 310 g/mol. The van der Waals surface area contributed by atoms with Gasteiger partial charge in [-0.05, 0) is 31.5 Å². The molecule has 0 spiro atoms. The lowest BCUT2D eigenvalue weighted by atomic mass is 10.1. The van der Waals surface area contributed by atoms with Crippen LogP contribution >= 0.6 is 0 Å². The van der Waals surface area contributed by atoms with Gasteiger partial charge in [-0.1, -0.05) is 47.5 Å². The highest BCUT2D eigenvalue weighted by atomic mass is 32.2. The molecule has 0 aliphatic carbocycles. The van der Waals surface area contributed by atoms with E-state index < -0.39 is 9.84 Å². The van der Waals surface area contributed by atoms with E-state index in [1.165, 1.54) is 0 Å². The molecule has 2 rings (SSSR count). The molecule has 2 aromatic rings. The average Bonchev–Trinajstić information content (AvgIpc) is 2.50. The number of hydrogen-bond donors (Lipinski definition) is 1. The fourth-order valence-electron chi connectivity index (χ4n) is 2.14. The van der Waals surface area contributed by atoms with E-state index in [-0.39, 0.29) is 29.5 Å². The Labute approximate surface area is 137 Å². The normalized spacial score (nSPS) is 11.2. The summed E-state index contributed by atoms with van der Waals surface area (Å²) in [6.07, 6.45) is 0.255. The van der Waals surface area contributed by atoms with Crippen molar-refractivity contribution in [2.45, 2.75) is 25.2 Å². The molecule has 5 heteroatoms. The van der Waals surface area contributed by atoms with Gasteiger partial charge in [0.25, 0.3) is 0 Å². The Balaban J connectivity index is 1.85. The van der Waals surface area contributed by atoms with E-state index in [9.17, 15) is 13.2 Å². The number of rotatable bonds is 6. The lowest BCUT2D eigenvalue weighted by molar-refractivity contribution is -0.120. The van der Waals surface area contributed by atoms with Crippen molar-refractivity contribution >= 4 is 15.7 Å². The number of benzene rings is 2. The van der Waals surface area contributed by atoms with E-state index in [1.54, 1.807) is 24.3 Å². The van der Waals surface area contributed by atoms with Crippen molar-refractivity contribution in [3.63, 3.8) is 0 Å². The molecular formula is C18H21NO3S. The summed E-state index contributed by atoms with van der Waals surface area (Å²) >= 11 is 0. The molecule has 0 saturated heterocycles. The third kappa shape index (κ3) is 5.21. The number of sulfone groups is 1. The predicted molar refractivity (Wildman–Crippen MR) is 91.1 cm³/mol. The summed E-state index contributed by atoms with van der Waals surface area (Å²) in [6.45, 7) is 4.00. The van der Waals surface area contributed by atoms with E-state index in [1.807, 2.05) is 38.1 Å². The summed E-state index contributed by atoms with van der Waals surface area (Å²) < 4.78 is 24.3. The fourth-order valence-corrected chi connectivity index (χ4v) is 3.30. The van der Waals surface area contributed by atoms with E-state index >= 15 is 0 Å². The van der Waals surface area contributed by atoms with Crippen molar-refractivity contribution in [3.05, 3.63) is 65.2 Å². The van der Waals surface area contributed by atoms with Gasteiger partial charge in [0.2, 0.25) is 5.91 Å². The molecule has 0 aliphatic heterocycles. The number of carbonyl (C=O) groups excluding carboxylic acids is 1. The molecule has 0 atom stereocenters. The largest absolute Gasteiger partial charge is 0.355 e. The highest BCUT2D eigenvalue weighted by Gasteiger charge is 2.14. The summed E-state index contributed by atoms with van der Waals surface area (Å²) in [6, 6.07) is 14.4. The van der Waals surface area contributed by atoms with Crippen LogP contribution in [0.3, 0.4) is 0 Å². The SMILES string of the molecule is Cc1ccc(CC(=O)NCCS(=O)(=O)c2ccc(C)cc2)cc1. The van der Waals surface area contributed by atoms with Gasteiger partial charge < -0.3 is 5.32 Å². The molecule has 0 unspecified atom stereocenters. The molecule has 0 fully saturated rings. The zero-order chi connectivity index (χ0) is 16.9. The first-order valence-corrected chi connectivity index (χ1v) is 9.14. The predicted octanol–water partition coefficient (Wildman–Crippen LogP) is 2.44. The first-order valence-electron chi connectivity index (χ1n) is 7.48. The van der Waals surface area contributed by atoms with Crippen molar-refractivity contribution < 1.29 is 13.2 Å². The smallest absolute Gasteiger partial charge is 0.224 e. The van der Waals surface area contributed by atoms with Gasteiger partial charge >= 0.3 is 0 Å². The van der Waals surface area contributed by atoms with Crippen molar-refractivity contribution in [1.29, 1.82) is 0 Å². The van der Waals surface area contributed by atoms with Crippen LogP contribution in [0, 0.1) is 13.8 Å². The van der Waals surface area contributed by atoms with Crippen LogP contribution in [0.5, 0.6) is 0 Å². The number of amides is 1. The number of hydrogen-bond acceptors (Lipinski definition) is 3. The van der Waals surface area contributed by atoms with Crippen LogP contribution in [0.15, 0.2) is 53.4 Å². The molecule has 0 heterocycles. The molecule has 0 radical (unpaired) electrons. The van der Waals surface area contributed by atoms with Crippen molar-refractivity contribution in [2.75, 3.05) is 12.3 Å². The quantitative estimate of drug-likeness (QED) is 0.884. The summed E-state index contributed by atoms with van der Waals surface area (Å²) in [7, 11) is -3.37. The second kappa shape index (κ2) is 7.42. The van der Waals surface area contributed by atoms with E-state index in [0.717, 1.165) is 16.7 Å². The molecule has 0 saturated carbocycles. The summed E-state index contributed by atoms with van der Waals surface area (Å²) in [5, 5.41) is 2.66. The minimum Gasteiger partial charge on any atom is -0.355 e. The van der Waals surface area contributed by atoms with Gasteiger partial charge in [-0.25, -0.2) is 8.42 Å². The average molecular weight is 331 g/mol. The van der Waals surface area contributed by atoms with Crippen LogP contribution < -0.4 is 5.32 Å². The van der Waals surface area contributed by atoms with Crippen LogP contribution in [0.25, 0.3) is 0 Å². The second-order valence-electron chi connectivity index (χ2n) is 5.64. The maximum absolute atomic E-state index is 12.2. The Morgan fingerprint density at radius 3 is 2.00 bits per heavy atom. The van der Waals surface area contributed by atoms with Crippen molar-refractivity contribution in [3.8, 4) is 0 Å². The molecule has 0 aliphatic rings. The van der Waals surface area contributed by atoms with E-state index in [0.29, 0.717) is 0 Å². The van der Waals surface area contributed by atoms with E-state index in [4.69, 9.17) is 0 Å². The van der Waals surface area contributed by atoms with Gasteiger partial charge in [0.05, 0.1) is 17.1 Å². The van der Waals surface area contributed by atoms with Gasteiger partial charge in [-0.15, -0.1) is 0 Å². The summed E-state index contributed by atoms with van der Waals surface area (Å²) in [4.78, 5) is 12.1. The molecule has 1 N–H and O–H groups in total. The third-order valence-corrected chi connectivity index (χ3v) is 5.29. The topological polar surface area (TPSA) is 63.2 Å². The molecule has 1 amide bonds. The zero-order valence-corrected chi connectivity index (χ0v) is 14.2. The first kappa shape index (κ1) is 17.2. The first-order chi connectivity index (χ1) is 10.9. The van der Waals surface area contributed by atoms with Gasteiger partial charge in [0.1, 0.15) is 0 Å². The fraction of sp³-hybridized carbons (Fsp3) is 0.278. The van der Waals surface area contributed by atoms with Crippen LogP contribution in [0.4, 0.5) is 0 Å². The van der Waals surface area contributed by atoms with Gasteiger partial charge in [-0.2, -0.15) is 0 Å². The summed E-state index contributed by atoms with van der Waals surface area (Å²) in [5.41, 5.74) is 3.06. The maximum Gasteiger partial charge on any atom is 0.224 e. The number of aryl methyl sites for hydroxylation is 2. The molecule has 2 aromatic carbocycles. The van der Waals surface area contributed by atoms with Crippen LogP contribution in [0.1, 0.15) is 16.7 Å². The molecule has 23 heavy (non-hydrogen) atoms. The van der Waals surface area contributed by atoms with Gasteiger partial charge in [0.15, 0.2) is 9.84 Å². The molecule has 0 aromatic heterocycles. The van der Waals surface area contributed by atoms with Crippen LogP contribution in [0.2, 0.25) is 0 Å². The number of carbonyl (C=O) groups is 1. The van der Waals surface area contributed by atoms with Crippen molar-refractivity contribution in [1.82, 2.24) is 5.32 Å².